The van der Waals surface area contributed by atoms with Gasteiger partial charge in [0.1, 0.15) is 0 Å². The third-order valence-electron chi connectivity index (χ3n) is 5.53. The number of hydrogen-bond acceptors (Lipinski definition) is 5. The summed E-state index contributed by atoms with van der Waals surface area (Å²) < 4.78 is 0. The Morgan fingerprint density at radius 2 is 2.08 bits per heavy atom. The number of ketones is 1. The minimum atomic E-state index is 0. The van der Waals surface area contributed by atoms with Crippen LogP contribution in [-0.4, -0.2) is 35.7 Å². The number of amides is 1. The van der Waals surface area contributed by atoms with Gasteiger partial charge < -0.3 is 10.2 Å². The molecule has 0 bridgehead atoms. The Hall–Kier alpha value is -1.21. The summed E-state index contributed by atoms with van der Waals surface area (Å²) in [6, 6.07) is 4.18. The third kappa shape index (κ3) is 3.74. The molecule has 0 aromatic carbocycles. The number of piperidine rings is 1. The van der Waals surface area contributed by atoms with E-state index in [1.54, 1.807) is 29.7 Å². The molecule has 1 aliphatic heterocycles. The second-order valence-electron chi connectivity index (χ2n) is 7.15. The molecule has 4 rings (SSSR count). The molecule has 2 aromatic heterocycles. The quantitative estimate of drug-likeness (QED) is 0.751. The second kappa shape index (κ2) is 7.80. The molecule has 4 nitrogen and oxygen atoms in total. The van der Waals surface area contributed by atoms with Crippen molar-refractivity contribution in [1.29, 1.82) is 0 Å². The summed E-state index contributed by atoms with van der Waals surface area (Å²) in [5, 5.41) is 9.40. The molecule has 140 valence electrons. The van der Waals surface area contributed by atoms with E-state index in [2.05, 4.69) is 27.0 Å². The summed E-state index contributed by atoms with van der Waals surface area (Å²) in [4.78, 5) is 27.5. The second-order valence-corrected chi connectivity index (χ2v) is 8.84. The number of nitrogens with zero attached hydrogens (tertiary/aromatic N) is 1. The number of halogens is 1. The van der Waals surface area contributed by atoms with Crippen LogP contribution in [0.25, 0.3) is 0 Å². The molecule has 0 radical (unpaired) electrons. The molecule has 2 aromatic rings. The highest BCUT2D eigenvalue weighted by Gasteiger charge is 2.57. The number of thiophene rings is 2. The summed E-state index contributed by atoms with van der Waals surface area (Å²) >= 11 is 3.05. The van der Waals surface area contributed by atoms with Crippen LogP contribution in [0.4, 0.5) is 0 Å². The number of carbonyl (C=O) groups is 2. The summed E-state index contributed by atoms with van der Waals surface area (Å²) in [6.07, 6.45) is 3.40. The Bertz CT molecular complexity index is 781. The van der Waals surface area contributed by atoms with Gasteiger partial charge in [-0.25, -0.2) is 0 Å². The molecule has 1 saturated carbocycles. The molecule has 2 fully saturated rings. The van der Waals surface area contributed by atoms with Gasteiger partial charge in [0.05, 0.1) is 4.88 Å². The first-order chi connectivity index (χ1) is 12.1. The number of Topliss-reactive ketones (excluding diaryl/α,β-unsaturated/α-hetero) is 1. The van der Waals surface area contributed by atoms with Gasteiger partial charge in [-0.05, 0) is 73.1 Å². The maximum Gasteiger partial charge on any atom is 0.264 e. The van der Waals surface area contributed by atoms with Gasteiger partial charge in [0.2, 0.25) is 0 Å². The largest absolute Gasteiger partial charge is 0.330 e. The molecule has 1 spiro atoms. The molecular weight excluding hydrogens is 388 g/mol. The standard InChI is InChI=1S/C19H22N2O2S2.ClH/c1-13(22)15-8-16(25-12-15)18(23)21(10-14-2-7-24-11-14)17-9-19(17)3-5-20-6-4-19;/h2,7-8,11-12,17,20H,3-6,9-10H2,1H3;1H. The van der Waals surface area contributed by atoms with Crippen LogP contribution in [0.2, 0.25) is 0 Å². The fourth-order valence-corrected chi connectivity index (χ4v) is 5.47. The van der Waals surface area contributed by atoms with Crippen molar-refractivity contribution >= 4 is 46.8 Å². The Morgan fingerprint density at radius 1 is 1.31 bits per heavy atom. The van der Waals surface area contributed by atoms with Crippen LogP contribution >= 0.6 is 35.1 Å². The van der Waals surface area contributed by atoms with E-state index in [0.717, 1.165) is 32.4 Å². The molecule has 7 heteroatoms. The van der Waals surface area contributed by atoms with Crippen molar-refractivity contribution in [2.45, 2.75) is 38.8 Å². The lowest BCUT2D eigenvalue weighted by Crippen LogP contribution is -2.38. The lowest BCUT2D eigenvalue weighted by Gasteiger charge is -2.29. The average Bonchev–Trinajstić information content (AvgIpc) is 3.06. The van der Waals surface area contributed by atoms with E-state index in [1.807, 2.05) is 0 Å². The van der Waals surface area contributed by atoms with Gasteiger partial charge in [0, 0.05) is 23.5 Å². The lowest BCUT2D eigenvalue weighted by atomic mass is 9.93. The van der Waals surface area contributed by atoms with Crippen molar-refractivity contribution in [3.05, 3.63) is 44.3 Å². The number of nitrogens with one attached hydrogen (secondary N) is 1. The highest BCUT2D eigenvalue weighted by atomic mass is 35.5. The van der Waals surface area contributed by atoms with Crippen molar-refractivity contribution in [3.8, 4) is 0 Å². The van der Waals surface area contributed by atoms with Crippen molar-refractivity contribution in [1.82, 2.24) is 10.2 Å². The van der Waals surface area contributed by atoms with Crippen LogP contribution in [0, 0.1) is 5.41 Å². The van der Waals surface area contributed by atoms with Gasteiger partial charge in [-0.2, -0.15) is 11.3 Å². The molecule has 1 saturated heterocycles. The van der Waals surface area contributed by atoms with E-state index in [1.165, 1.54) is 16.9 Å². The van der Waals surface area contributed by atoms with E-state index in [9.17, 15) is 9.59 Å². The van der Waals surface area contributed by atoms with E-state index in [0.29, 0.717) is 28.4 Å². The van der Waals surface area contributed by atoms with Crippen LogP contribution < -0.4 is 5.32 Å². The van der Waals surface area contributed by atoms with Crippen LogP contribution in [0.15, 0.2) is 28.3 Å². The normalized spacial score (nSPS) is 20.4. The zero-order valence-corrected chi connectivity index (χ0v) is 17.1. The van der Waals surface area contributed by atoms with Gasteiger partial charge in [-0.1, -0.05) is 0 Å². The van der Waals surface area contributed by atoms with Crippen molar-refractivity contribution in [2.24, 2.45) is 5.41 Å². The SMILES string of the molecule is CC(=O)c1csc(C(=O)N(Cc2ccsc2)C2CC23CCNCC3)c1.Cl. The zero-order valence-electron chi connectivity index (χ0n) is 14.7. The van der Waals surface area contributed by atoms with Crippen LogP contribution in [0.5, 0.6) is 0 Å². The van der Waals surface area contributed by atoms with Crippen molar-refractivity contribution in [2.75, 3.05) is 13.1 Å². The molecular formula is C19H23ClN2O2S2. The molecule has 26 heavy (non-hydrogen) atoms. The summed E-state index contributed by atoms with van der Waals surface area (Å²) in [5.74, 6) is 0.0880. The van der Waals surface area contributed by atoms with E-state index >= 15 is 0 Å². The minimum Gasteiger partial charge on any atom is -0.330 e. The highest BCUT2D eigenvalue weighted by molar-refractivity contribution is 7.12. The maximum atomic E-state index is 13.2. The van der Waals surface area contributed by atoms with E-state index in [4.69, 9.17) is 0 Å². The number of carbonyl (C=O) groups excluding carboxylic acids is 2. The molecule has 3 heterocycles. The fourth-order valence-electron chi connectivity index (χ4n) is 3.91. The Balaban J connectivity index is 0.00000196. The van der Waals surface area contributed by atoms with Crippen LogP contribution in [-0.2, 0) is 6.54 Å². The van der Waals surface area contributed by atoms with E-state index in [-0.39, 0.29) is 24.1 Å². The first kappa shape index (κ1) is 19.5. The van der Waals surface area contributed by atoms with Gasteiger partial charge in [0.15, 0.2) is 5.78 Å². The molecule has 1 atom stereocenters. The summed E-state index contributed by atoms with van der Waals surface area (Å²) in [5.41, 5.74) is 2.13. The van der Waals surface area contributed by atoms with Gasteiger partial charge >= 0.3 is 0 Å². The van der Waals surface area contributed by atoms with Gasteiger partial charge in [-0.3, -0.25) is 9.59 Å². The predicted octanol–water partition coefficient (Wildman–Crippen LogP) is 4.22. The minimum absolute atomic E-state index is 0. The summed E-state index contributed by atoms with van der Waals surface area (Å²) in [6.45, 7) is 4.30. The molecule has 1 unspecified atom stereocenters. The van der Waals surface area contributed by atoms with Crippen molar-refractivity contribution < 1.29 is 9.59 Å². The summed E-state index contributed by atoms with van der Waals surface area (Å²) in [7, 11) is 0. The number of hydrogen-bond donors (Lipinski definition) is 1. The molecule has 1 amide bonds. The lowest BCUT2D eigenvalue weighted by molar-refractivity contribution is 0.0697. The molecule has 2 aliphatic rings. The van der Waals surface area contributed by atoms with Gasteiger partial charge in [0.25, 0.3) is 5.91 Å². The Labute approximate surface area is 168 Å². The predicted molar refractivity (Wildman–Crippen MR) is 109 cm³/mol. The highest BCUT2D eigenvalue weighted by Crippen LogP contribution is 2.56. The smallest absolute Gasteiger partial charge is 0.264 e. The van der Waals surface area contributed by atoms with E-state index < -0.39 is 0 Å². The van der Waals surface area contributed by atoms with Crippen LogP contribution in [0.3, 0.4) is 0 Å². The zero-order chi connectivity index (χ0) is 17.4. The molecule has 1 aliphatic carbocycles. The molecule has 1 N–H and O–H groups in total. The van der Waals surface area contributed by atoms with Crippen molar-refractivity contribution in [3.63, 3.8) is 0 Å². The monoisotopic (exact) mass is 410 g/mol. The first-order valence-corrected chi connectivity index (χ1v) is 10.5. The number of rotatable bonds is 5. The third-order valence-corrected chi connectivity index (χ3v) is 7.18. The Morgan fingerprint density at radius 3 is 2.69 bits per heavy atom. The van der Waals surface area contributed by atoms with Gasteiger partial charge in [-0.15, -0.1) is 23.7 Å². The fraction of sp³-hybridized carbons (Fsp3) is 0.474. The first-order valence-electron chi connectivity index (χ1n) is 8.71. The Kier molecular flexibility index (Phi) is 5.87. The topological polar surface area (TPSA) is 49.4 Å². The van der Waals surface area contributed by atoms with Crippen LogP contribution in [0.1, 0.15) is 51.8 Å². The average molecular weight is 411 g/mol. The maximum absolute atomic E-state index is 13.2.